The maximum atomic E-state index is 12.5. The summed E-state index contributed by atoms with van der Waals surface area (Å²) in [7, 11) is 0. The molecule has 3 rings (SSSR count). The van der Waals surface area contributed by atoms with Gasteiger partial charge in [0.05, 0.1) is 6.42 Å². The smallest absolute Gasteiger partial charge is 0.227 e. The quantitative estimate of drug-likeness (QED) is 0.789. The number of hydrogen-bond acceptors (Lipinski definition) is 2. The van der Waals surface area contributed by atoms with Crippen LogP contribution in [0.15, 0.2) is 36.4 Å². The highest BCUT2D eigenvalue weighted by Gasteiger charge is 2.28. The molecule has 5 heteroatoms. The zero-order valence-electron chi connectivity index (χ0n) is 13.8. The second-order valence-electron chi connectivity index (χ2n) is 6.49. The molecule has 1 aliphatic carbocycles. The number of carbonyl (C=O) groups is 2. The Hall–Kier alpha value is -1.81. The SMILES string of the molecule is O=C(Cc1ccc(Cl)cc1)N1CCN(C(=O)C2CC=CCC2)CC1. The summed E-state index contributed by atoms with van der Waals surface area (Å²) in [6, 6.07) is 7.38. The molecule has 128 valence electrons. The van der Waals surface area contributed by atoms with Gasteiger partial charge in [-0.25, -0.2) is 0 Å². The van der Waals surface area contributed by atoms with Crippen LogP contribution >= 0.6 is 11.6 Å². The number of benzene rings is 1. The van der Waals surface area contributed by atoms with Crippen molar-refractivity contribution >= 4 is 23.4 Å². The Balaban J connectivity index is 1.49. The Morgan fingerprint density at radius 2 is 1.67 bits per heavy atom. The summed E-state index contributed by atoms with van der Waals surface area (Å²) in [5.41, 5.74) is 0.969. The zero-order chi connectivity index (χ0) is 16.9. The van der Waals surface area contributed by atoms with Crippen LogP contribution in [0.25, 0.3) is 0 Å². The van der Waals surface area contributed by atoms with Gasteiger partial charge in [0.1, 0.15) is 0 Å². The van der Waals surface area contributed by atoms with Crippen LogP contribution in [0.3, 0.4) is 0 Å². The van der Waals surface area contributed by atoms with Crippen molar-refractivity contribution in [3.05, 3.63) is 47.0 Å². The Labute approximate surface area is 148 Å². The molecule has 4 nitrogen and oxygen atoms in total. The van der Waals surface area contributed by atoms with Gasteiger partial charge < -0.3 is 9.80 Å². The second-order valence-corrected chi connectivity index (χ2v) is 6.93. The normalized spacial score (nSPS) is 21.0. The largest absolute Gasteiger partial charge is 0.339 e. The van der Waals surface area contributed by atoms with Crippen molar-refractivity contribution in [1.82, 2.24) is 9.80 Å². The Kier molecular flexibility index (Phi) is 5.56. The van der Waals surface area contributed by atoms with Gasteiger partial charge in [0.15, 0.2) is 0 Å². The average molecular weight is 347 g/mol. The number of rotatable bonds is 3. The van der Waals surface area contributed by atoms with E-state index in [1.165, 1.54) is 0 Å². The van der Waals surface area contributed by atoms with Gasteiger partial charge in [-0.1, -0.05) is 35.9 Å². The molecular weight excluding hydrogens is 324 g/mol. The van der Waals surface area contributed by atoms with Crippen LogP contribution < -0.4 is 0 Å². The van der Waals surface area contributed by atoms with Crippen LogP contribution in [0.4, 0.5) is 0 Å². The molecule has 1 aromatic rings. The molecule has 2 aliphatic rings. The predicted molar refractivity (Wildman–Crippen MR) is 94.8 cm³/mol. The molecule has 1 aromatic carbocycles. The highest BCUT2D eigenvalue weighted by molar-refractivity contribution is 6.30. The van der Waals surface area contributed by atoms with E-state index in [0.717, 1.165) is 24.8 Å². The maximum Gasteiger partial charge on any atom is 0.227 e. The molecule has 1 saturated heterocycles. The summed E-state index contributed by atoms with van der Waals surface area (Å²) in [5, 5.41) is 0.677. The van der Waals surface area contributed by atoms with Gasteiger partial charge in [-0.05, 0) is 37.0 Å². The molecule has 0 radical (unpaired) electrons. The third-order valence-electron chi connectivity index (χ3n) is 4.83. The third-order valence-corrected chi connectivity index (χ3v) is 5.08. The first-order valence-electron chi connectivity index (χ1n) is 8.59. The molecule has 0 spiro atoms. The Morgan fingerprint density at radius 3 is 2.29 bits per heavy atom. The molecule has 0 saturated carbocycles. The molecule has 1 aliphatic heterocycles. The molecule has 1 unspecified atom stereocenters. The van der Waals surface area contributed by atoms with Crippen LogP contribution in [0.5, 0.6) is 0 Å². The Bertz CT molecular complexity index is 619. The van der Waals surface area contributed by atoms with E-state index >= 15 is 0 Å². The van der Waals surface area contributed by atoms with Gasteiger partial charge in [-0.2, -0.15) is 0 Å². The first-order chi connectivity index (χ1) is 11.6. The number of amides is 2. The number of nitrogens with zero attached hydrogens (tertiary/aromatic N) is 2. The van der Waals surface area contributed by atoms with Crippen molar-refractivity contribution < 1.29 is 9.59 Å². The summed E-state index contributed by atoms with van der Waals surface area (Å²) in [6.45, 7) is 2.54. The highest BCUT2D eigenvalue weighted by Crippen LogP contribution is 2.21. The minimum absolute atomic E-state index is 0.116. The van der Waals surface area contributed by atoms with E-state index < -0.39 is 0 Å². The van der Waals surface area contributed by atoms with Crippen LogP contribution in [0.2, 0.25) is 5.02 Å². The number of allylic oxidation sites excluding steroid dienone is 2. The summed E-state index contributed by atoms with van der Waals surface area (Å²) in [5.74, 6) is 0.500. The van der Waals surface area contributed by atoms with E-state index in [9.17, 15) is 9.59 Å². The summed E-state index contributed by atoms with van der Waals surface area (Å²) < 4.78 is 0. The topological polar surface area (TPSA) is 40.6 Å². The van der Waals surface area contributed by atoms with Crippen molar-refractivity contribution in [2.75, 3.05) is 26.2 Å². The van der Waals surface area contributed by atoms with E-state index in [4.69, 9.17) is 11.6 Å². The van der Waals surface area contributed by atoms with Crippen LogP contribution in [-0.2, 0) is 16.0 Å². The van der Waals surface area contributed by atoms with Crippen molar-refractivity contribution in [2.45, 2.75) is 25.7 Å². The third kappa shape index (κ3) is 4.18. The van der Waals surface area contributed by atoms with E-state index in [1.54, 1.807) is 12.1 Å². The predicted octanol–water partition coefficient (Wildman–Crippen LogP) is 2.91. The minimum Gasteiger partial charge on any atom is -0.339 e. The standard InChI is InChI=1S/C19H23ClN2O2/c20-17-8-6-15(7-9-17)14-18(23)21-10-12-22(13-11-21)19(24)16-4-2-1-3-5-16/h1-2,6-9,16H,3-5,10-14H2. The fraction of sp³-hybridized carbons (Fsp3) is 0.474. The lowest BCUT2D eigenvalue weighted by Crippen LogP contribution is -2.52. The Morgan fingerprint density at radius 1 is 1.00 bits per heavy atom. The van der Waals surface area contributed by atoms with Gasteiger partial charge in [0.25, 0.3) is 0 Å². The van der Waals surface area contributed by atoms with Crippen LogP contribution in [0, 0.1) is 5.92 Å². The molecular formula is C19H23ClN2O2. The summed E-state index contributed by atoms with van der Waals surface area (Å²) in [4.78, 5) is 28.7. The molecule has 2 amide bonds. The van der Waals surface area contributed by atoms with E-state index in [1.807, 2.05) is 21.9 Å². The van der Waals surface area contributed by atoms with E-state index in [2.05, 4.69) is 12.2 Å². The van der Waals surface area contributed by atoms with Crippen LogP contribution in [0.1, 0.15) is 24.8 Å². The number of hydrogen-bond donors (Lipinski definition) is 0. The van der Waals surface area contributed by atoms with Gasteiger partial charge >= 0.3 is 0 Å². The van der Waals surface area contributed by atoms with Crippen LogP contribution in [-0.4, -0.2) is 47.8 Å². The average Bonchev–Trinajstić information content (AvgIpc) is 2.64. The maximum absolute atomic E-state index is 12.5. The first kappa shape index (κ1) is 17.0. The van der Waals surface area contributed by atoms with Gasteiger partial charge in [0, 0.05) is 37.1 Å². The molecule has 1 fully saturated rings. The first-order valence-corrected chi connectivity index (χ1v) is 8.97. The molecule has 1 heterocycles. The zero-order valence-corrected chi connectivity index (χ0v) is 14.5. The monoisotopic (exact) mass is 346 g/mol. The number of carbonyl (C=O) groups excluding carboxylic acids is 2. The molecule has 24 heavy (non-hydrogen) atoms. The number of piperazine rings is 1. The number of halogens is 1. The second kappa shape index (κ2) is 7.84. The lowest BCUT2D eigenvalue weighted by atomic mass is 9.93. The summed E-state index contributed by atoms with van der Waals surface area (Å²) in [6.07, 6.45) is 7.45. The van der Waals surface area contributed by atoms with Crippen molar-refractivity contribution in [3.8, 4) is 0 Å². The molecule has 0 aromatic heterocycles. The van der Waals surface area contributed by atoms with E-state index in [0.29, 0.717) is 37.6 Å². The highest BCUT2D eigenvalue weighted by atomic mass is 35.5. The minimum atomic E-state index is 0.116. The lowest BCUT2D eigenvalue weighted by Gasteiger charge is -2.36. The molecule has 0 bridgehead atoms. The van der Waals surface area contributed by atoms with Gasteiger partial charge in [-0.3, -0.25) is 9.59 Å². The van der Waals surface area contributed by atoms with Crippen molar-refractivity contribution in [2.24, 2.45) is 5.92 Å². The summed E-state index contributed by atoms with van der Waals surface area (Å²) >= 11 is 5.87. The fourth-order valence-corrected chi connectivity index (χ4v) is 3.47. The van der Waals surface area contributed by atoms with E-state index in [-0.39, 0.29) is 17.7 Å². The van der Waals surface area contributed by atoms with Gasteiger partial charge in [0.2, 0.25) is 11.8 Å². The van der Waals surface area contributed by atoms with Crippen molar-refractivity contribution in [1.29, 1.82) is 0 Å². The fourth-order valence-electron chi connectivity index (χ4n) is 3.34. The van der Waals surface area contributed by atoms with Gasteiger partial charge in [-0.15, -0.1) is 0 Å². The molecule has 0 N–H and O–H groups in total. The van der Waals surface area contributed by atoms with Crippen molar-refractivity contribution in [3.63, 3.8) is 0 Å². The molecule has 1 atom stereocenters. The lowest BCUT2D eigenvalue weighted by molar-refractivity contribution is -0.142.